The molecule has 2 amide bonds. The normalized spacial score (nSPS) is 11.0. The molecule has 0 atom stereocenters. The second-order valence-electron chi connectivity index (χ2n) is 6.75. The van der Waals surface area contributed by atoms with Gasteiger partial charge in [-0.1, -0.05) is 35.9 Å². The molecule has 3 aromatic rings. The van der Waals surface area contributed by atoms with E-state index in [4.69, 9.17) is 11.6 Å². The van der Waals surface area contributed by atoms with Crippen LogP contribution in [0.4, 0.5) is 21.9 Å². The van der Waals surface area contributed by atoms with E-state index in [1.54, 1.807) is 43.3 Å². The van der Waals surface area contributed by atoms with Crippen molar-refractivity contribution in [1.29, 1.82) is 0 Å². The number of benzene rings is 3. The van der Waals surface area contributed by atoms with E-state index in [2.05, 4.69) is 10.6 Å². The number of urea groups is 1. The zero-order valence-electron chi connectivity index (χ0n) is 16.3. The number of nitrogens with zero attached hydrogens (tertiary/aromatic N) is 1. The van der Waals surface area contributed by atoms with Crippen LogP contribution < -0.4 is 10.6 Å². The average molecular weight is 460 g/mol. The van der Waals surface area contributed by atoms with Crippen molar-refractivity contribution in [2.45, 2.75) is 17.6 Å². The van der Waals surface area contributed by atoms with E-state index in [1.165, 1.54) is 30.3 Å². The molecule has 0 aromatic heterocycles. The highest BCUT2D eigenvalue weighted by molar-refractivity contribution is 7.90. The van der Waals surface area contributed by atoms with Gasteiger partial charge in [0.2, 0.25) is 0 Å². The molecule has 8 nitrogen and oxygen atoms in total. The Morgan fingerprint density at radius 3 is 2.29 bits per heavy atom. The molecule has 160 valence electrons. The molecule has 31 heavy (non-hydrogen) atoms. The van der Waals surface area contributed by atoms with Gasteiger partial charge >= 0.3 is 6.03 Å². The lowest BCUT2D eigenvalue weighted by atomic mass is 10.2. The average Bonchev–Trinajstić information content (AvgIpc) is 2.71. The topological polar surface area (TPSA) is 118 Å². The van der Waals surface area contributed by atoms with E-state index < -0.39 is 20.8 Å². The Morgan fingerprint density at radius 1 is 1.00 bits per heavy atom. The predicted octanol–water partition coefficient (Wildman–Crippen LogP) is 5.17. The number of carbonyl (C=O) groups excluding carboxylic acids is 1. The number of aryl methyl sites for hydroxylation is 1. The third-order valence-electron chi connectivity index (χ3n) is 4.37. The second kappa shape index (κ2) is 9.15. The fraction of sp³-hybridized carbons (Fsp3) is 0.0952. The third kappa shape index (κ3) is 5.80. The minimum Gasteiger partial charge on any atom is -0.308 e. The van der Waals surface area contributed by atoms with E-state index >= 15 is 0 Å². The molecule has 2 N–H and O–H groups in total. The lowest BCUT2D eigenvalue weighted by Gasteiger charge is -2.12. The number of amides is 2. The van der Waals surface area contributed by atoms with Crippen molar-refractivity contribution in [3.63, 3.8) is 0 Å². The summed E-state index contributed by atoms with van der Waals surface area (Å²) < 4.78 is 25.8. The molecule has 0 aliphatic heterocycles. The molecule has 0 saturated heterocycles. The summed E-state index contributed by atoms with van der Waals surface area (Å²) in [5.41, 5.74) is 1.46. The Kier molecular flexibility index (Phi) is 6.57. The van der Waals surface area contributed by atoms with Crippen molar-refractivity contribution in [3.05, 3.63) is 93.0 Å². The minimum absolute atomic E-state index is 0.0931. The van der Waals surface area contributed by atoms with Crippen molar-refractivity contribution >= 4 is 44.5 Å². The van der Waals surface area contributed by atoms with E-state index in [9.17, 15) is 23.3 Å². The molecule has 3 rings (SSSR count). The first-order valence-electron chi connectivity index (χ1n) is 9.04. The standard InChI is InChI=1S/C21H18ClN3O5S/c1-14-5-10-18(24-21(26)23-17-3-2-4-19(11-17)25(27)28)12-20(14)31(29,30)13-15-6-8-16(22)9-7-15/h2-12H,13H2,1H3,(H2,23,24,26). The van der Waals surface area contributed by atoms with Gasteiger partial charge in [-0.3, -0.25) is 10.1 Å². The van der Waals surface area contributed by atoms with Crippen LogP contribution in [0.2, 0.25) is 5.02 Å². The first-order chi connectivity index (χ1) is 14.6. The molecule has 0 saturated carbocycles. The highest BCUT2D eigenvalue weighted by Crippen LogP contribution is 2.25. The van der Waals surface area contributed by atoms with Crippen LogP contribution in [0.25, 0.3) is 0 Å². The monoisotopic (exact) mass is 459 g/mol. The molecule has 0 spiro atoms. The summed E-state index contributed by atoms with van der Waals surface area (Å²) >= 11 is 5.85. The highest BCUT2D eigenvalue weighted by atomic mass is 35.5. The van der Waals surface area contributed by atoms with Crippen LogP contribution in [0.15, 0.2) is 71.6 Å². The number of rotatable bonds is 6. The number of nitro groups is 1. The lowest BCUT2D eigenvalue weighted by molar-refractivity contribution is -0.384. The Morgan fingerprint density at radius 2 is 1.65 bits per heavy atom. The van der Waals surface area contributed by atoms with Crippen LogP contribution in [0, 0.1) is 17.0 Å². The summed E-state index contributed by atoms with van der Waals surface area (Å²) in [6.45, 7) is 1.67. The molecule has 0 aliphatic carbocycles. The van der Waals surface area contributed by atoms with Crippen molar-refractivity contribution in [1.82, 2.24) is 0 Å². The van der Waals surface area contributed by atoms with Crippen LogP contribution in [-0.4, -0.2) is 19.4 Å². The molecule has 0 heterocycles. The summed E-state index contributed by atoms with van der Waals surface area (Å²) in [6.07, 6.45) is 0. The predicted molar refractivity (Wildman–Crippen MR) is 119 cm³/mol. The van der Waals surface area contributed by atoms with Gasteiger partial charge < -0.3 is 10.6 Å². The number of hydrogen-bond donors (Lipinski definition) is 2. The number of carbonyl (C=O) groups is 1. The van der Waals surface area contributed by atoms with Gasteiger partial charge in [-0.15, -0.1) is 0 Å². The number of anilines is 2. The van der Waals surface area contributed by atoms with Crippen LogP contribution >= 0.6 is 11.6 Å². The first-order valence-corrected chi connectivity index (χ1v) is 11.1. The van der Waals surface area contributed by atoms with Crippen molar-refractivity contribution in [3.8, 4) is 0 Å². The quantitative estimate of drug-likeness (QED) is 0.389. The summed E-state index contributed by atoms with van der Waals surface area (Å²) in [4.78, 5) is 22.7. The van der Waals surface area contributed by atoms with Crippen molar-refractivity contribution in [2.75, 3.05) is 10.6 Å². The van der Waals surface area contributed by atoms with E-state index in [0.717, 1.165) is 0 Å². The Balaban J connectivity index is 1.77. The zero-order chi connectivity index (χ0) is 22.6. The van der Waals surface area contributed by atoms with E-state index in [0.29, 0.717) is 16.1 Å². The van der Waals surface area contributed by atoms with Gasteiger partial charge in [0.1, 0.15) is 0 Å². The fourth-order valence-electron chi connectivity index (χ4n) is 2.88. The van der Waals surface area contributed by atoms with Gasteiger partial charge in [0.15, 0.2) is 9.84 Å². The van der Waals surface area contributed by atoms with Gasteiger partial charge in [0.05, 0.1) is 15.6 Å². The molecule has 0 aliphatic rings. The Labute approximate surface area is 183 Å². The smallest absolute Gasteiger partial charge is 0.308 e. The molecule has 3 aromatic carbocycles. The molecular formula is C21H18ClN3O5S. The first kappa shape index (κ1) is 22.3. The van der Waals surface area contributed by atoms with E-state index in [1.807, 2.05) is 0 Å². The zero-order valence-corrected chi connectivity index (χ0v) is 17.9. The summed E-state index contributed by atoms with van der Waals surface area (Å²) in [5.74, 6) is -0.214. The number of halogens is 1. The summed E-state index contributed by atoms with van der Waals surface area (Å²) in [7, 11) is -3.68. The number of nitro benzene ring substituents is 1. The molecular weight excluding hydrogens is 442 g/mol. The van der Waals surface area contributed by atoms with Crippen LogP contribution in [-0.2, 0) is 15.6 Å². The second-order valence-corrected chi connectivity index (χ2v) is 9.15. The molecule has 0 bridgehead atoms. The van der Waals surface area contributed by atoms with Gasteiger partial charge in [0.25, 0.3) is 5.69 Å². The number of nitrogens with one attached hydrogen (secondary N) is 2. The van der Waals surface area contributed by atoms with Gasteiger partial charge in [-0.2, -0.15) is 0 Å². The van der Waals surface area contributed by atoms with Crippen LogP contribution in [0.5, 0.6) is 0 Å². The SMILES string of the molecule is Cc1ccc(NC(=O)Nc2cccc([N+](=O)[O-])c2)cc1S(=O)(=O)Cc1ccc(Cl)cc1. The molecule has 0 fully saturated rings. The molecule has 10 heteroatoms. The number of non-ortho nitro benzene ring substituents is 1. The maximum absolute atomic E-state index is 12.9. The minimum atomic E-state index is -3.68. The van der Waals surface area contributed by atoms with Gasteiger partial charge in [0, 0.05) is 28.5 Å². The Bertz CT molecular complexity index is 1240. The molecule has 0 radical (unpaired) electrons. The summed E-state index contributed by atoms with van der Waals surface area (Å²) in [5, 5.41) is 16.4. The highest BCUT2D eigenvalue weighted by Gasteiger charge is 2.19. The van der Waals surface area contributed by atoms with Crippen LogP contribution in [0.1, 0.15) is 11.1 Å². The van der Waals surface area contributed by atoms with Gasteiger partial charge in [-0.05, 0) is 48.4 Å². The van der Waals surface area contributed by atoms with E-state index in [-0.39, 0.29) is 27.7 Å². The lowest BCUT2D eigenvalue weighted by Crippen LogP contribution is -2.20. The third-order valence-corrected chi connectivity index (χ3v) is 6.44. The largest absolute Gasteiger partial charge is 0.323 e. The van der Waals surface area contributed by atoms with Crippen molar-refractivity contribution in [2.24, 2.45) is 0 Å². The molecule has 0 unspecified atom stereocenters. The summed E-state index contributed by atoms with van der Waals surface area (Å²) in [6, 6.07) is 15.9. The number of sulfone groups is 1. The fourth-order valence-corrected chi connectivity index (χ4v) is 4.66. The number of hydrogen-bond acceptors (Lipinski definition) is 5. The maximum Gasteiger partial charge on any atom is 0.323 e. The van der Waals surface area contributed by atoms with Crippen LogP contribution in [0.3, 0.4) is 0 Å². The van der Waals surface area contributed by atoms with Crippen molar-refractivity contribution < 1.29 is 18.1 Å². The Hall–Kier alpha value is -3.43. The van der Waals surface area contributed by atoms with Gasteiger partial charge in [-0.25, -0.2) is 13.2 Å². The maximum atomic E-state index is 12.9.